The molecule has 23 heavy (non-hydrogen) atoms. The van der Waals surface area contributed by atoms with Crippen molar-refractivity contribution >= 4 is 11.8 Å². The van der Waals surface area contributed by atoms with Gasteiger partial charge in [-0.15, -0.1) is 0 Å². The zero-order chi connectivity index (χ0) is 17.0. The number of carbonyl (C=O) groups excluding carboxylic acids is 2. The topological polar surface area (TPSA) is 70.7 Å². The standard InChI is InChI=1S/C16H22FN3O3/c1-10-8-20(9-11(2)23-10)12(3)15(21)18-19-16(22)13-4-6-14(17)7-5-13/h4-7,10-12H,8-9H2,1-3H3,(H,18,21)(H,19,22)/t10-,11-,12+/m1/s1. The van der Waals surface area contributed by atoms with E-state index in [9.17, 15) is 14.0 Å². The van der Waals surface area contributed by atoms with Crippen molar-refractivity contribution in [2.45, 2.75) is 39.0 Å². The SMILES string of the molecule is C[C@@H]1CN([C@@H](C)C(=O)NNC(=O)c2ccc(F)cc2)C[C@@H](C)O1. The second-order valence-corrected chi connectivity index (χ2v) is 5.84. The first kappa shape index (κ1) is 17.4. The van der Waals surface area contributed by atoms with Crippen molar-refractivity contribution in [1.82, 2.24) is 15.8 Å². The smallest absolute Gasteiger partial charge is 0.269 e. The molecule has 0 aliphatic carbocycles. The number of amides is 2. The van der Waals surface area contributed by atoms with E-state index in [1.165, 1.54) is 24.3 Å². The van der Waals surface area contributed by atoms with Gasteiger partial charge < -0.3 is 4.74 Å². The predicted octanol–water partition coefficient (Wildman–Crippen LogP) is 1.08. The first-order valence-corrected chi connectivity index (χ1v) is 7.62. The van der Waals surface area contributed by atoms with Crippen molar-refractivity contribution in [2.75, 3.05) is 13.1 Å². The Hall–Kier alpha value is -1.99. The first-order valence-electron chi connectivity index (χ1n) is 7.62. The number of hydrogen-bond acceptors (Lipinski definition) is 4. The summed E-state index contributed by atoms with van der Waals surface area (Å²) in [6, 6.07) is 4.69. The minimum absolute atomic E-state index is 0.0582. The fraction of sp³-hybridized carbons (Fsp3) is 0.500. The zero-order valence-corrected chi connectivity index (χ0v) is 13.5. The molecule has 126 valence electrons. The van der Waals surface area contributed by atoms with Gasteiger partial charge in [0.05, 0.1) is 18.2 Å². The molecule has 1 heterocycles. The molecule has 0 bridgehead atoms. The van der Waals surface area contributed by atoms with Crippen LogP contribution < -0.4 is 10.9 Å². The van der Waals surface area contributed by atoms with Crippen molar-refractivity contribution in [3.8, 4) is 0 Å². The van der Waals surface area contributed by atoms with Crippen LogP contribution in [0.2, 0.25) is 0 Å². The molecular formula is C16H22FN3O3. The lowest BCUT2D eigenvalue weighted by atomic mass is 10.1. The number of nitrogens with zero attached hydrogens (tertiary/aromatic N) is 1. The van der Waals surface area contributed by atoms with E-state index in [4.69, 9.17) is 4.74 Å². The van der Waals surface area contributed by atoms with Crippen LogP contribution in [-0.4, -0.2) is 48.1 Å². The molecule has 7 heteroatoms. The summed E-state index contributed by atoms with van der Waals surface area (Å²) in [5.41, 5.74) is 5.02. The van der Waals surface area contributed by atoms with E-state index in [2.05, 4.69) is 10.9 Å². The number of ether oxygens (including phenoxy) is 1. The number of hydrogen-bond donors (Lipinski definition) is 2. The number of nitrogens with one attached hydrogen (secondary N) is 2. The van der Waals surface area contributed by atoms with E-state index in [1.54, 1.807) is 6.92 Å². The second kappa shape index (κ2) is 7.52. The maximum atomic E-state index is 12.8. The highest BCUT2D eigenvalue weighted by molar-refractivity contribution is 5.95. The van der Waals surface area contributed by atoms with Gasteiger partial charge in [-0.2, -0.15) is 0 Å². The van der Waals surface area contributed by atoms with Gasteiger partial charge in [0, 0.05) is 18.7 Å². The number of benzene rings is 1. The predicted molar refractivity (Wildman–Crippen MR) is 83.1 cm³/mol. The molecule has 0 saturated carbocycles. The molecular weight excluding hydrogens is 301 g/mol. The van der Waals surface area contributed by atoms with Gasteiger partial charge in [-0.25, -0.2) is 4.39 Å². The van der Waals surface area contributed by atoms with E-state index in [0.29, 0.717) is 13.1 Å². The van der Waals surface area contributed by atoms with E-state index < -0.39 is 17.8 Å². The van der Waals surface area contributed by atoms with Crippen molar-refractivity contribution in [3.05, 3.63) is 35.6 Å². The van der Waals surface area contributed by atoms with Crippen LogP contribution >= 0.6 is 0 Å². The molecule has 0 aromatic heterocycles. The molecule has 1 aliphatic rings. The van der Waals surface area contributed by atoms with Crippen LogP contribution in [0, 0.1) is 5.82 Å². The number of halogens is 1. The number of hydrazine groups is 1. The third-order valence-corrected chi connectivity index (χ3v) is 3.78. The van der Waals surface area contributed by atoms with Crippen LogP contribution in [-0.2, 0) is 9.53 Å². The molecule has 0 radical (unpaired) electrons. The lowest BCUT2D eigenvalue weighted by Crippen LogP contribution is -2.56. The molecule has 1 aromatic rings. The van der Waals surface area contributed by atoms with Gasteiger partial charge in [0.2, 0.25) is 0 Å². The highest BCUT2D eigenvalue weighted by Gasteiger charge is 2.29. The molecule has 1 saturated heterocycles. The minimum Gasteiger partial charge on any atom is -0.373 e. The fourth-order valence-electron chi connectivity index (χ4n) is 2.60. The van der Waals surface area contributed by atoms with Gasteiger partial charge in [-0.3, -0.25) is 25.3 Å². The van der Waals surface area contributed by atoms with Crippen molar-refractivity contribution in [1.29, 1.82) is 0 Å². The average molecular weight is 323 g/mol. The third kappa shape index (κ3) is 4.74. The van der Waals surface area contributed by atoms with Crippen molar-refractivity contribution in [2.24, 2.45) is 0 Å². The van der Waals surface area contributed by atoms with Gasteiger partial charge in [0.15, 0.2) is 0 Å². The summed E-state index contributed by atoms with van der Waals surface area (Å²) in [5.74, 6) is -1.22. The monoisotopic (exact) mass is 323 g/mol. The van der Waals surface area contributed by atoms with Crippen molar-refractivity contribution < 1.29 is 18.7 Å². The lowest BCUT2D eigenvalue weighted by molar-refractivity contribution is -0.132. The van der Waals surface area contributed by atoms with E-state index >= 15 is 0 Å². The fourth-order valence-corrected chi connectivity index (χ4v) is 2.60. The van der Waals surface area contributed by atoms with E-state index in [1.807, 2.05) is 18.7 Å². The Morgan fingerprint density at radius 3 is 2.30 bits per heavy atom. The average Bonchev–Trinajstić information content (AvgIpc) is 2.51. The maximum Gasteiger partial charge on any atom is 0.269 e. The number of rotatable bonds is 3. The molecule has 6 nitrogen and oxygen atoms in total. The molecule has 2 amide bonds. The second-order valence-electron chi connectivity index (χ2n) is 5.84. The highest BCUT2D eigenvalue weighted by Crippen LogP contribution is 2.13. The maximum absolute atomic E-state index is 12.8. The summed E-state index contributed by atoms with van der Waals surface area (Å²) in [5, 5.41) is 0. The Bertz CT molecular complexity index is 554. The summed E-state index contributed by atoms with van der Waals surface area (Å²) in [6.45, 7) is 7.02. The number of morpholine rings is 1. The Morgan fingerprint density at radius 1 is 1.17 bits per heavy atom. The number of carbonyl (C=O) groups is 2. The molecule has 1 aliphatic heterocycles. The molecule has 1 aromatic carbocycles. The molecule has 1 fully saturated rings. The summed E-state index contributed by atoms with van der Waals surface area (Å²) >= 11 is 0. The molecule has 0 spiro atoms. The quantitative estimate of drug-likeness (QED) is 0.817. The van der Waals surface area contributed by atoms with Gasteiger partial charge in [0.25, 0.3) is 11.8 Å². The van der Waals surface area contributed by atoms with Crippen LogP contribution in [0.5, 0.6) is 0 Å². The molecule has 3 atom stereocenters. The van der Waals surface area contributed by atoms with E-state index in [0.717, 1.165) is 0 Å². The molecule has 2 rings (SSSR count). The van der Waals surface area contributed by atoms with Crippen molar-refractivity contribution in [3.63, 3.8) is 0 Å². The van der Waals surface area contributed by atoms with Crippen LogP contribution in [0.1, 0.15) is 31.1 Å². The summed E-state index contributed by atoms with van der Waals surface area (Å²) in [4.78, 5) is 26.1. The zero-order valence-electron chi connectivity index (χ0n) is 13.5. The Kier molecular flexibility index (Phi) is 5.68. The van der Waals surface area contributed by atoms with E-state index in [-0.39, 0.29) is 23.7 Å². The van der Waals surface area contributed by atoms with Gasteiger partial charge >= 0.3 is 0 Å². The van der Waals surface area contributed by atoms with Crippen LogP contribution in [0.15, 0.2) is 24.3 Å². The van der Waals surface area contributed by atoms with Crippen LogP contribution in [0.25, 0.3) is 0 Å². The molecule has 0 unspecified atom stereocenters. The highest BCUT2D eigenvalue weighted by atomic mass is 19.1. The molecule has 2 N–H and O–H groups in total. The lowest BCUT2D eigenvalue weighted by Gasteiger charge is -2.38. The third-order valence-electron chi connectivity index (χ3n) is 3.78. The Balaban J connectivity index is 1.86. The largest absolute Gasteiger partial charge is 0.373 e. The Labute approximate surface area is 135 Å². The minimum atomic E-state index is -0.491. The van der Waals surface area contributed by atoms with Gasteiger partial charge in [0.1, 0.15) is 5.82 Å². The normalized spacial score (nSPS) is 23.1. The summed E-state index contributed by atoms with van der Waals surface area (Å²) < 4.78 is 18.5. The van der Waals surface area contributed by atoms with Gasteiger partial charge in [-0.05, 0) is 45.0 Å². The van der Waals surface area contributed by atoms with Crippen LogP contribution in [0.4, 0.5) is 4.39 Å². The summed E-state index contributed by atoms with van der Waals surface area (Å²) in [6.07, 6.45) is 0.116. The van der Waals surface area contributed by atoms with Gasteiger partial charge in [-0.1, -0.05) is 0 Å². The first-order chi connectivity index (χ1) is 10.9. The summed E-state index contributed by atoms with van der Waals surface area (Å²) in [7, 11) is 0. The Morgan fingerprint density at radius 2 is 1.74 bits per heavy atom. The van der Waals surface area contributed by atoms with Crippen LogP contribution in [0.3, 0.4) is 0 Å².